The molecule has 1 amide bonds. The number of nitriles is 1. The summed E-state index contributed by atoms with van der Waals surface area (Å²) in [4.78, 5) is 13.9. The van der Waals surface area contributed by atoms with Gasteiger partial charge in [0.1, 0.15) is 5.82 Å². The molecule has 0 spiro atoms. The number of benzene rings is 1. The van der Waals surface area contributed by atoms with Crippen LogP contribution in [0.15, 0.2) is 18.2 Å². The van der Waals surface area contributed by atoms with E-state index in [2.05, 4.69) is 11.4 Å². The molecule has 1 heterocycles. The highest BCUT2D eigenvalue weighted by Crippen LogP contribution is 2.16. The Kier molecular flexibility index (Phi) is 4.70. The van der Waals surface area contributed by atoms with Gasteiger partial charge in [-0.05, 0) is 50.6 Å². The normalized spacial score (nSPS) is 16.6. The third kappa shape index (κ3) is 3.78. The lowest BCUT2D eigenvalue weighted by Gasteiger charge is -2.28. The molecule has 1 saturated heterocycles. The molecule has 0 radical (unpaired) electrons. The summed E-state index contributed by atoms with van der Waals surface area (Å²) >= 11 is 0. The van der Waals surface area contributed by atoms with Gasteiger partial charge in [0.2, 0.25) is 5.91 Å². The third-order valence-corrected chi connectivity index (χ3v) is 3.59. The van der Waals surface area contributed by atoms with Crippen molar-refractivity contribution in [1.82, 2.24) is 4.90 Å². The number of carbonyl (C=O) groups excluding carboxylic acids is 1. The highest BCUT2D eigenvalue weighted by molar-refractivity contribution is 5.92. The molecule has 106 valence electrons. The van der Waals surface area contributed by atoms with E-state index in [9.17, 15) is 9.18 Å². The van der Waals surface area contributed by atoms with Gasteiger partial charge >= 0.3 is 0 Å². The summed E-state index contributed by atoms with van der Waals surface area (Å²) in [5.41, 5.74) is 1.03. The smallest absolute Gasteiger partial charge is 0.238 e. The minimum atomic E-state index is -0.322. The first-order valence-electron chi connectivity index (χ1n) is 6.76. The van der Waals surface area contributed by atoms with Crippen LogP contribution in [0.2, 0.25) is 0 Å². The zero-order chi connectivity index (χ0) is 14.5. The van der Waals surface area contributed by atoms with Crippen LogP contribution in [0.5, 0.6) is 0 Å². The van der Waals surface area contributed by atoms with Crippen molar-refractivity contribution in [2.75, 3.05) is 25.0 Å². The van der Waals surface area contributed by atoms with Gasteiger partial charge in [0.15, 0.2) is 0 Å². The Bertz CT molecular complexity index is 530. The van der Waals surface area contributed by atoms with Gasteiger partial charge in [0, 0.05) is 11.6 Å². The maximum absolute atomic E-state index is 13.4. The van der Waals surface area contributed by atoms with E-state index < -0.39 is 0 Å². The number of carbonyl (C=O) groups is 1. The average Bonchev–Trinajstić information content (AvgIpc) is 2.44. The molecule has 0 atom stereocenters. The van der Waals surface area contributed by atoms with Gasteiger partial charge in [-0.1, -0.05) is 6.07 Å². The standard InChI is InChI=1S/C15H18FN3O/c1-11-2-3-13(8-14(11)16)18-15(20)10-19-6-4-12(9-17)5-7-19/h2-3,8,12H,4-7,10H2,1H3,(H,18,20). The van der Waals surface area contributed by atoms with Gasteiger partial charge in [-0.25, -0.2) is 4.39 Å². The maximum atomic E-state index is 13.4. The van der Waals surface area contributed by atoms with E-state index in [1.165, 1.54) is 6.07 Å². The minimum Gasteiger partial charge on any atom is -0.325 e. The minimum absolute atomic E-state index is 0.112. The van der Waals surface area contributed by atoms with Crippen molar-refractivity contribution in [3.05, 3.63) is 29.6 Å². The summed E-state index contributed by atoms with van der Waals surface area (Å²) in [6.07, 6.45) is 1.62. The summed E-state index contributed by atoms with van der Waals surface area (Å²) in [6.45, 7) is 3.48. The Morgan fingerprint density at radius 3 is 2.80 bits per heavy atom. The second-order valence-electron chi connectivity index (χ2n) is 5.19. The number of anilines is 1. The Hall–Kier alpha value is -1.93. The van der Waals surface area contributed by atoms with Crippen molar-refractivity contribution in [2.24, 2.45) is 5.92 Å². The molecule has 1 N–H and O–H groups in total. The molecule has 1 aliphatic heterocycles. The lowest BCUT2D eigenvalue weighted by Crippen LogP contribution is -2.39. The van der Waals surface area contributed by atoms with Crippen LogP contribution < -0.4 is 5.32 Å². The number of amides is 1. The van der Waals surface area contributed by atoms with Crippen LogP contribution in [0.1, 0.15) is 18.4 Å². The Balaban J connectivity index is 1.84. The molecule has 0 bridgehead atoms. The maximum Gasteiger partial charge on any atom is 0.238 e. The van der Waals surface area contributed by atoms with Gasteiger partial charge in [0.05, 0.1) is 12.6 Å². The fourth-order valence-corrected chi connectivity index (χ4v) is 2.29. The highest BCUT2D eigenvalue weighted by atomic mass is 19.1. The van der Waals surface area contributed by atoms with Crippen molar-refractivity contribution in [3.63, 3.8) is 0 Å². The van der Waals surface area contributed by atoms with E-state index >= 15 is 0 Å². The van der Waals surface area contributed by atoms with Gasteiger partial charge in [-0.2, -0.15) is 5.26 Å². The monoisotopic (exact) mass is 275 g/mol. The summed E-state index contributed by atoms with van der Waals surface area (Å²) in [7, 11) is 0. The lowest BCUT2D eigenvalue weighted by atomic mass is 9.99. The lowest BCUT2D eigenvalue weighted by molar-refractivity contribution is -0.117. The summed E-state index contributed by atoms with van der Waals surface area (Å²) in [5.74, 6) is -0.359. The number of hydrogen-bond acceptors (Lipinski definition) is 3. The SMILES string of the molecule is Cc1ccc(NC(=O)CN2CCC(C#N)CC2)cc1F. The molecule has 1 fully saturated rings. The molecule has 0 saturated carbocycles. The van der Waals surface area contributed by atoms with Crippen LogP contribution in [-0.4, -0.2) is 30.4 Å². The number of nitrogens with zero attached hydrogens (tertiary/aromatic N) is 2. The predicted octanol–water partition coefficient (Wildman–Crippen LogP) is 2.31. The molecule has 1 aliphatic rings. The summed E-state index contributed by atoms with van der Waals surface area (Å²) in [5, 5.41) is 11.5. The van der Waals surface area contributed by atoms with Crippen molar-refractivity contribution in [3.8, 4) is 6.07 Å². The molecular weight excluding hydrogens is 257 g/mol. The second-order valence-corrected chi connectivity index (χ2v) is 5.19. The van der Waals surface area contributed by atoms with Crippen molar-refractivity contribution in [2.45, 2.75) is 19.8 Å². The number of piperidine rings is 1. The number of nitrogens with one attached hydrogen (secondary N) is 1. The van der Waals surface area contributed by atoms with Crippen LogP contribution in [0.25, 0.3) is 0 Å². The van der Waals surface area contributed by atoms with E-state index in [4.69, 9.17) is 5.26 Å². The largest absolute Gasteiger partial charge is 0.325 e. The van der Waals surface area contributed by atoms with E-state index in [-0.39, 0.29) is 24.2 Å². The van der Waals surface area contributed by atoms with Crippen molar-refractivity contribution in [1.29, 1.82) is 5.26 Å². The molecule has 0 aliphatic carbocycles. The van der Waals surface area contributed by atoms with E-state index in [1.54, 1.807) is 19.1 Å². The number of halogens is 1. The van der Waals surface area contributed by atoms with Gasteiger partial charge in [0.25, 0.3) is 0 Å². The summed E-state index contributed by atoms with van der Waals surface area (Å²) in [6, 6.07) is 6.92. The fraction of sp³-hybridized carbons (Fsp3) is 0.467. The van der Waals surface area contributed by atoms with Crippen LogP contribution in [-0.2, 0) is 4.79 Å². The van der Waals surface area contributed by atoms with Crippen LogP contribution >= 0.6 is 0 Å². The number of rotatable bonds is 3. The molecule has 4 nitrogen and oxygen atoms in total. The summed E-state index contributed by atoms with van der Waals surface area (Å²) < 4.78 is 13.4. The molecule has 2 rings (SSSR count). The highest BCUT2D eigenvalue weighted by Gasteiger charge is 2.20. The van der Waals surface area contributed by atoms with Crippen LogP contribution in [0.3, 0.4) is 0 Å². The zero-order valence-corrected chi connectivity index (χ0v) is 11.5. The van der Waals surface area contributed by atoms with Gasteiger partial charge in [-0.3, -0.25) is 9.69 Å². The number of likely N-dealkylation sites (tertiary alicyclic amines) is 1. The van der Waals surface area contributed by atoms with Crippen LogP contribution in [0.4, 0.5) is 10.1 Å². The Morgan fingerprint density at radius 2 is 2.20 bits per heavy atom. The average molecular weight is 275 g/mol. The molecule has 1 aromatic rings. The van der Waals surface area contributed by atoms with Crippen molar-refractivity contribution < 1.29 is 9.18 Å². The Labute approximate surface area is 118 Å². The molecule has 5 heteroatoms. The fourth-order valence-electron chi connectivity index (χ4n) is 2.29. The van der Waals surface area contributed by atoms with E-state index in [1.807, 2.05) is 4.90 Å². The quantitative estimate of drug-likeness (QED) is 0.921. The predicted molar refractivity (Wildman–Crippen MR) is 74.5 cm³/mol. The van der Waals surface area contributed by atoms with Gasteiger partial charge < -0.3 is 5.32 Å². The second kappa shape index (κ2) is 6.49. The third-order valence-electron chi connectivity index (χ3n) is 3.59. The first kappa shape index (κ1) is 14.5. The molecular formula is C15H18FN3O. The first-order valence-corrected chi connectivity index (χ1v) is 6.76. The van der Waals surface area contributed by atoms with Crippen molar-refractivity contribution >= 4 is 11.6 Å². The van der Waals surface area contributed by atoms with E-state index in [0.29, 0.717) is 11.3 Å². The zero-order valence-electron chi connectivity index (χ0n) is 11.5. The topological polar surface area (TPSA) is 56.1 Å². The number of hydrogen-bond donors (Lipinski definition) is 1. The molecule has 0 aromatic heterocycles. The molecule has 20 heavy (non-hydrogen) atoms. The van der Waals surface area contributed by atoms with Gasteiger partial charge in [-0.15, -0.1) is 0 Å². The van der Waals surface area contributed by atoms with Crippen LogP contribution in [0, 0.1) is 30.0 Å². The first-order chi connectivity index (χ1) is 9.58. The molecule has 1 aromatic carbocycles. The Morgan fingerprint density at radius 1 is 1.50 bits per heavy atom. The number of aryl methyl sites for hydroxylation is 1. The molecule has 0 unspecified atom stereocenters. The van der Waals surface area contributed by atoms with E-state index in [0.717, 1.165) is 25.9 Å².